The summed E-state index contributed by atoms with van der Waals surface area (Å²) in [5.41, 5.74) is 3.77. The molecule has 1 atom stereocenters. The van der Waals surface area contributed by atoms with E-state index in [0.717, 1.165) is 18.4 Å². The summed E-state index contributed by atoms with van der Waals surface area (Å²) < 4.78 is 0. The molecule has 1 aromatic carbocycles. The van der Waals surface area contributed by atoms with Crippen molar-refractivity contribution in [3.05, 3.63) is 33.8 Å². The maximum absolute atomic E-state index is 6.23. The average molecular weight is 331 g/mol. The third-order valence-electron chi connectivity index (χ3n) is 3.90. The zero-order valence-electron chi connectivity index (χ0n) is 13.0. The van der Waals surface area contributed by atoms with Crippen molar-refractivity contribution in [1.82, 2.24) is 5.43 Å². The average Bonchev–Trinajstić information content (AvgIpc) is 2.47. The van der Waals surface area contributed by atoms with Crippen LogP contribution in [0.1, 0.15) is 76.3 Å². The van der Waals surface area contributed by atoms with Gasteiger partial charge in [0.15, 0.2) is 0 Å². The number of nitrogens with one attached hydrogen (secondary N) is 1. The molecule has 0 aliphatic heterocycles. The Labute approximate surface area is 139 Å². The van der Waals surface area contributed by atoms with E-state index in [9.17, 15) is 0 Å². The Hall–Kier alpha value is -0.280. The van der Waals surface area contributed by atoms with Crippen LogP contribution >= 0.6 is 23.2 Å². The first-order valence-electron chi connectivity index (χ1n) is 8.10. The maximum atomic E-state index is 6.23. The molecule has 0 aromatic heterocycles. The molecular formula is C17H28Cl2N2. The number of hydrogen-bond acceptors (Lipinski definition) is 2. The van der Waals surface area contributed by atoms with Crippen LogP contribution in [-0.2, 0) is 0 Å². The summed E-state index contributed by atoms with van der Waals surface area (Å²) in [7, 11) is 0. The van der Waals surface area contributed by atoms with E-state index in [-0.39, 0.29) is 6.04 Å². The van der Waals surface area contributed by atoms with Gasteiger partial charge in [0.1, 0.15) is 0 Å². The van der Waals surface area contributed by atoms with E-state index < -0.39 is 0 Å². The van der Waals surface area contributed by atoms with Crippen LogP contribution in [0.2, 0.25) is 10.0 Å². The first-order chi connectivity index (χ1) is 10.2. The van der Waals surface area contributed by atoms with Crippen molar-refractivity contribution >= 4 is 23.2 Å². The van der Waals surface area contributed by atoms with Gasteiger partial charge in [0.2, 0.25) is 0 Å². The SMILES string of the molecule is CCCCCCCCCCC(NN)c1c(Cl)cccc1Cl. The summed E-state index contributed by atoms with van der Waals surface area (Å²) >= 11 is 12.5. The van der Waals surface area contributed by atoms with Crippen molar-refractivity contribution in [1.29, 1.82) is 0 Å². The molecule has 3 N–H and O–H groups in total. The number of nitrogens with two attached hydrogens (primary N) is 1. The van der Waals surface area contributed by atoms with E-state index in [1.165, 1.54) is 44.9 Å². The second kappa shape index (κ2) is 11.3. The van der Waals surface area contributed by atoms with Crippen LogP contribution in [-0.4, -0.2) is 0 Å². The Bertz CT molecular complexity index is 376. The van der Waals surface area contributed by atoms with Gasteiger partial charge >= 0.3 is 0 Å². The minimum absolute atomic E-state index is 0.0336. The van der Waals surface area contributed by atoms with Crippen molar-refractivity contribution < 1.29 is 0 Å². The van der Waals surface area contributed by atoms with E-state index in [2.05, 4.69) is 12.3 Å². The number of hydrogen-bond donors (Lipinski definition) is 2. The van der Waals surface area contributed by atoms with Gasteiger partial charge < -0.3 is 0 Å². The van der Waals surface area contributed by atoms with Gasteiger partial charge in [-0.2, -0.15) is 0 Å². The minimum atomic E-state index is 0.0336. The molecule has 0 heterocycles. The highest BCUT2D eigenvalue weighted by molar-refractivity contribution is 6.36. The molecule has 0 amide bonds. The summed E-state index contributed by atoms with van der Waals surface area (Å²) in [5, 5.41) is 1.37. The van der Waals surface area contributed by atoms with E-state index in [4.69, 9.17) is 29.0 Å². The largest absolute Gasteiger partial charge is 0.271 e. The molecule has 0 bridgehead atoms. The van der Waals surface area contributed by atoms with Crippen LogP contribution in [0, 0.1) is 0 Å². The lowest BCUT2D eigenvalue weighted by Crippen LogP contribution is -2.28. The normalized spacial score (nSPS) is 12.6. The molecule has 0 aliphatic rings. The molecule has 0 saturated heterocycles. The Morgan fingerprint density at radius 1 is 0.952 bits per heavy atom. The van der Waals surface area contributed by atoms with Gasteiger partial charge in [-0.25, -0.2) is 0 Å². The Morgan fingerprint density at radius 3 is 2.00 bits per heavy atom. The molecule has 1 rings (SSSR count). The van der Waals surface area contributed by atoms with Gasteiger partial charge in [-0.3, -0.25) is 11.3 Å². The molecular weight excluding hydrogens is 303 g/mol. The van der Waals surface area contributed by atoms with Crippen LogP contribution in [0.15, 0.2) is 18.2 Å². The summed E-state index contributed by atoms with van der Waals surface area (Å²) in [6.45, 7) is 2.25. The fourth-order valence-electron chi connectivity index (χ4n) is 2.64. The van der Waals surface area contributed by atoms with Crippen LogP contribution in [0.5, 0.6) is 0 Å². The molecule has 120 valence electrons. The predicted molar refractivity (Wildman–Crippen MR) is 93.8 cm³/mol. The predicted octanol–water partition coefficient (Wildman–Crippen LogP) is 6.03. The second-order valence-electron chi connectivity index (χ2n) is 5.62. The fourth-order valence-corrected chi connectivity index (χ4v) is 3.30. The Balaban J connectivity index is 2.29. The topological polar surface area (TPSA) is 38.0 Å². The second-order valence-corrected chi connectivity index (χ2v) is 6.43. The van der Waals surface area contributed by atoms with Crippen molar-refractivity contribution in [3.8, 4) is 0 Å². The first-order valence-corrected chi connectivity index (χ1v) is 8.86. The van der Waals surface area contributed by atoms with E-state index >= 15 is 0 Å². The first kappa shape index (κ1) is 18.8. The van der Waals surface area contributed by atoms with Crippen LogP contribution < -0.4 is 11.3 Å². The lowest BCUT2D eigenvalue weighted by Gasteiger charge is -2.19. The minimum Gasteiger partial charge on any atom is -0.271 e. The van der Waals surface area contributed by atoms with Gasteiger partial charge in [0, 0.05) is 21.7 Å². The lowest BCUT2D eigenvalue weighted by atomic mass is 9.99. The van der Waals surface area contributed by atoms with E-state index in [0.29, 0.717) is 10.0 Å². The van der Waals surface area contributed by atoms with Gasteiger partial charge in [0.05, 0.1) is 0 Å². The highest BCUT2D eigenvalue weighted by Crippen LogP contribution is 2.32. The summed E-state index contributed by atoms with van der Waals surface area (Å²) in [6, 6.07) is 5.62. The van der Waals surface area contributed by atoms with Gasteiger partial charge in [0.25, 0.3) is 0 Å². The molecule has 0 radical (unpaired) electrons. The zero-order chi connectivity index (χ0) is 15.5. The van der Waals surface area contributed by atoms with Gasteiger partial charge in [-0.15, -0.1) is 0 Å². The maximum Gasteiger partial charge on any atom is 0.0489 e. The number of rotatable bonds is 11. The number of benzene rings is 1. The van der Waals surface area contributed by atoms with Crippen molar-refractivity contribution in [2.75, 3.05) is 0 Å². The quantitative estimate of drug-likeness (QED) is 0.295. The highest BCUT2D eigenvalue weighted by atomic mass is 35.5. The smallest absolute Gasteiger partial charge is 0.0489 e. The molecule has 0 spiro atoms. The monoisotopic (exact) mass is 330 g/mol. The summed E-state index contributed by atoms with van der Waals surface area (Å²) in [5.74, 6) is 5.67. The van der Waals surface area contributed by atoms with Crippen LogP contribution in [0.25, 0.3) is 0 Å². The number of hydrazine groups is 1. The molecule has 0 saturated carbocycles. The zero-order valence-corrected chi connectivity index (χ0v) is 14.5. The highest BCUT2D eigenvalue weighted by Gasteiger charge is 2.16. The summed E-state index contributed by atoms with van der Waals surface area (Å²) in [6.07, 6.45) is 11.4. The van der Waals surface area contributed by atoms with Gasteiger partial charge in [-0.05, 0) is 18.6 Å². The summed E-state index contributed by atoms with van der Waals surface area (Å²) in [4.78, 5) is 0. The van der Waals surface area contributed by atoms with Crippen molar-refractivity contribution in [3.63, 3.8) is 0 Å². The van der Waals surface area contributed by atoms with Crippen molar-refractivity contribution in [2.45, 2.75) is 70.8 Å². The lowest BCUT2D eigenvalue weighted by molar-refractivity contribution is 0.475. The number of halogens is 2. The molecule has 0 fully saturated rings. The third kappa shape index (κ3) is 7.01. The van der Waals surface area contributed by atoms with E-state index in [1.807, 2.05) is 18.2 Å². The molecule has 0 aliphatic carbocycles. The fraction of sp³-hybridized carbons (Fsp3) is 0.647. The van der Waals surface area contributed by atoms with Gasteiger partial charge in [-0.1, -0.05) is 87.6 Å². The van der Waals surface area contributed by atoms with E-state index in [1.54, 1.807) is 0 Å². The number of unbranched alkanes of at least 4 members (excludes halogenated alkanes) is 7. The third-order valence-corrected chi connectivity index (χ3v) is 4.55. The Kier molecular flexibility index (Phi) is 10.1. The van der Waals surface area contributed by atoms with Crippen molar-refractivity contribution in [2.24, 2.45) is 5.84 Å². The molecule has 2 nitrogen and oxygen atoms in total. The van der Waals surface area contributed by atoms with Crippen LogP contribution in [0.4, 0.5) is 0 Å². The molecule has 4 heteroatoms. The molecule has 1 aromatic rings. The van der Waals surface area contributed by atoms with Crippen LogP contribution in [0.3, 0.4) is 0 Å². The standard InChI is InChI=1S/C17H28Cl2N2/c1-2-3-4-5-6-7-8-9-13-16(21-20)17-14(18)11-10-12-15(17)19/h10-12,16,21H,2-9,13,20H2,1H3. The molecule has 21 heavy (non-hydrogen) atoms. The Morgan fingerprint density at radius 2 is 1.48 bits per heavy atom. The molecule has 1 unspecified atom stereocenters.